The second-order valence-electron chi connectivity index (χ2n) is 2.69. The van der Waals surface area contributed by atoms with Gasteiger partial charge in [0.15, 0.2) is 0 Å². The fourth-order valence-corrected chi connectivity index (χ4v) is 1.76. The lowest BCUT2D eigenvalue weighted by atomic mass is 10.2. The number of hydrogen-bond acceptors (Lipinski definition) is 2. The van der Waals surface area contributed by atoms with Crippen molar-refractivity contribution in [2.45, 2.75) is 0 Å². The van der Waals surface area contributed by atoms with Crippen LogP contribution in [0.5, 0.6) is 0 Å². The van der Waals surface area contributed by atoms with Gasteiger partial charge in [0, 0.05) is 9.86 Å². The summed E-state index contributed by atoms with van der Waals surface area (Å²) in [4.78, 5) is 2.95. The summed E-state index contributed by atoms with van der Waals surface area (Å²) in [7, 11) is 0. The Morgan fingerprint density at radius 1 is 1.46 bits per heavy atom. The Balaban J connectivity index is 2.94. The van der Waals surface area contributed by atoms with Crippen molar-refractivity contribution >= 4 is 32.5 Å². The summed E-state index contributed by atoms with van der Waals surface area (Å²) in [5, 5.41) is 9.61. The van der Waals surface area contributed by atoms with Gasteiger partial charge in [0.1, 0.15) is 11.8 Å². The van der Waals surface area contributed by atoms with Crippen LogP contribution in [0.4, 0.5) is 5.69 Å². The molecule has 0 spiro atoms. The molecular formula is C9H6BrN3. The molecule has 0 amide bonds. The van der Waals surface area contributed by atoms with Crippen LogP contribution in [0.1, 0.15) is 5.69 Å². The Morgan fingerprint density at radius 2 is 2.23 bits per heavy atom. The molecular weight excluding hydrogens is 230 g/mol. The summed E-state index contributed by atoms with van der Waals surface area (Å²) >= 11 is 3.38. The van der Waals surface area contributed by atoms with E-state index in [2.05, 4.69) is 20.9 Å². The van der Waals surface area contributed by atoms with Crippen molar-refractivity contribution in [3.8, 4) is 6.07 Å². The number of aromatic nitrogens is 1. The predicted molar refractivity (Wildman–Crippen MR) is 55.1 cm³/mol. The summed E-state index contributed by atoms with van der Waals surface area (Å²) in [6.07, 6.45) is 0. The lowest BCUT2D eigenvalue weighted by Gasteiger charge is -1.92. The van der Waals surface area contributed by atoms with Gasteiger partial charge < -0.3 is 10.7 Å². The van der Waals surface area contributed by atoms with E-state index in [1.807, 2.05) is 24.3 Å². The summed E-state index contributed by atoms with van der Waals surface area (Å²) in [5.41, 5.74) is 7.55. The van der Waals surface area contributed by atoms with Gasteiger partial charge in [-0.3, -0.25) is 0 Å². The first-order valence-corrected chi connectivity index (χ1v) is 4.49. The highest BCUT2D eigenvalue weighted by atomic mass is 79.9. The molecule has 0 aliphatic carbocycles. The highest BCUT2D eigenvalue weighted by molar-refractivity contribution is 9.10. The van der Waals surface area contributed by atoms with Crippen LogP contribution in [0.25, 0.3) is 10.9 Å². The van der Waals surface area contributed by atoms with E-state index < -0.39 is 0 Å². The van der Waals surface area contributed by atoms with E-state index >= 15 is 0 Å². The molecule has 0 unspecified atom stereocenters. The minimum atomic E-state index is 0.418. The topological polar surface area (TPSA) is 65.6 Å². The number of halogens is 1. The molecule has 64 valence electrons. The molecule has 0 saturated carbocycles. The fraction of sp³-hybridized carbons (Fsp3) is 0. The Morgan fingerprint density at radius 3 is 2.85 bits per heavy atom. The van der Waals surface area contributed by atoms with Crippen LogP contribution in [0, 0.1) is 11.3 Å². The number of aromatic amines is 1. The lowest BCUT2D eigenvalue weighted by Crippen LogP contribution is -1.85. The predicted octanol–water partition coefficient (Wildman–Crippen LogP) is 2.38. The fourth-order valence-electron chi connectivity index (χ4n) is 1.29. The van der Waals surface area contributed by atoms with Crippen molar-refractivity contribution < 1.29 is 0 Å². The van der Waals surface area contributed by atoms with Crippen molar-refractivity contribution in [1.29, 1.82) is 5.26 Å². The number of nitrogens with zero attached hydrogens (tertiary/aromatic N) is 1. The molecule has 13 heavy (non-hydrogen) atoms. The molecule has 4 heteroatoms. The van der Waals surface area contributed by atoms with Crippen molar-refractivity contribution in [3.05, 3.63) is 28.4 Å². The number of fused-ring (bicyclic) bond motifs is 1. The van der Waals surface area contributed by atoms with Gasteiger partial charge in [-0.1, -0.05) is 12.1 Å². The van der Waals surface area contributed by atoms with Crippen LogP contribution in [0.2, 0.25) is 0 Å². The molecule has 0 atom stereocenters. The highest BCUT2D eigenvalue weighted by Gasteiger charge is 2.08. The number of H-pyrrole nitrogens is 1. The smallest absolute Gasteiger partial charge is 0.141 e. The molecule has 0 bridgehead atoms. The molecule has 0 aliphatic rings. The SMILES string of the molecule is N#Cc1[nH]c2c(Br)cccc2c1N. The molecule has 0 radical (unpaired) electrons. The number of anilines is 1. The van der Waals surface area contributed by atoms with E-state index in [0.29, 0.717) is 11.4 Å². The maximum absolute atomic E-state index is 8.73. The summed E-state index contributed by atoms with van der Waals surface area (Å²) in [6.45, 7) is 0. The second-order valence-corrected chi connectivity index (χ2v) is 3.54. The summed E-state index contributed by atoms with van der Waals surface area (Å²) < 4.78 is 0.915. The molecule has 1 heterocycles. The quantitative estimate of drug-likeness (QED) is 0.737. The van der Waals surface area contributed by atoms with Crippen LogP contribution in [-0.2, 0) is 0 Å². The molecule has 0 fully saturated rings. The Kier molecular flexibility index (Phi) is 1.74. The van der Waals surface area contributed by atoms with E-state index in [1.54, 1.807) is 0 Å². The third kappa shape index (κ3) is 1.09. The van der Waals surface area contributed by atoms with Gasteiger partial charge >= 0.3 is 0 Å². The van der Waals surface area contributed by atoms with Gasteiger partial charge in [0.2, 0.25) is 0 Å². The standard InChI is InChI=1S/C9H6BrN3/c10-6-3-1-2-5-8(12)7(4-11)13-9(5)6/h1-3,13H,12H2. The van der Waals surface area contributed by atoms with Crippen LogP contribution >= 0.6 is 15.9 Å². The van der Waals surface area contributed by atoms with Crippen molar-refractivity contribution in [1.82, 2.24) is 4.98 Å². The van der Waals surface area contributed by atoms with E-state index in [9.17, 15) is 0 Å². The second kappa shape index (κ2) is 2.79. The van der Waals surface area contributed by atoms with Crippen LogP contribution < -0.4 is 5.73 Å². The number of para-hydroxylation sites is 1. The number of benzene rings is 1. The first kappa shape index (κ1) is 8.14. The normalized spacial score (nSPS) is 10.2. The summed E-state index contributed by atoms with van der Waals surface area (Å²) in [6, 6.07) is 7.68. The third-order valence-electron chi connectivity index (χ3n) is 1.93. The van der Waals surface area contributed by atoms with Crippen molar-refractivity contribution in [3.63, 3.8) is 0 Å². The first-order valence-electron chi connectivity index (χ1n) is 3.70. The third-order valence-corrected chi connectivity index (χ3v) is 2.60. The number of nitrogens with one attached hydrogen (secondary N) is 1. The average molecular weight is 236 g/mol. The van der Waals surface area contributed by atoms with Gasteiger partial charge in [-0.15, -0.1) is 0 Å². The molecule has 2 rings (SSSR count). The molecule has 0 aliphatic heterocycles. The number of nitrogens with two attached hydrogens (primary N) is 1. The van der Waals surface area contributed by atoms with Gasteiger partial charge in [-0.25, -0.2) is 0 Å². The minimum absolute atomic E-state index is 0.418. The van der Waals surface area contributed by atoms with Gasteiger partial charge in [-0.05, 0) is 22.0 Å². The van der Waals surface area contributed by atoms with Crippen molar-refractivity contribution in [2.24, 2.45) is 0 Å². The first-order chi connectivity index (χ1) is 6.24. The van der Waals surface area contributed by atoms with Crippen LogP contribution in [0.3, 0.4) is 0 Å². The van der Waals surface area contributed by atoms with Crippen molar-refractivity contribution in [2.75, 3.05) is 5.73 Å². The maximum atomic E-state index is 8.73. The zero-order valence-electron chi connectivity index (χ0n) is 6.63. The maximum Gasteiger partial charge on any atom is 0.141 e. The van der Waals surface area contributed by atoms with E-state index in [4.69, 9.17) is 11.0 Å². The molecule has 1 aromatic carbocycles. The van der Waals surface area contributed by atoms with Crippen LogP contribution in [0.15, 0.2) is 22.7 Å². The lowest BCUT2D eigenvalue weighted by molar-refractivity contribution is 1.37. The molecule has 1 aromatic heterocycles. The van der Waals surface area contributed by atoms with E-state index in [1.165, 1.54) is 0 Å². The molecule has 0 saturated heterocycles. The molecule has 3 nitrogen and oxygen atoms in total. The highest BCUT2D eigenvalue weighted by Crippen LogP contribution is 2.29. The van der Waals surface area contributed by atoms with Gasteiger partial charge in [0.25, 0.3) is 0 Å². The van der Waals surface area contributed by atoms with Gasteiger partial charge in [0.05, 0.1) is 11.2 Å². The number of hydrogen-bond donors (Lipinski definition) is 2. The number of nitriles is 1. The zero-order chi connectivity index (χ0) is 9.42. The number of nitrogen functional groups attached to an aromatic ring is 1. The van der Waals surface area contributed by atoms with Crippen LogP contribution in [-0.4, -0.2) is 4.98 Å². The zero-order valence-corrected chi connectivity index (χ0v) is 8.22. The monoisotopic (exact) mass is 235 g/mol. The molecule has 3 N–H and O–H groups in total. The largest absolute Gasteiger partial charge is 0.396 e. The van der Waals surface area contributed by atoms with E-state index in [-0.39, 0.29) is 0 Å². The van der Waals surface area contributed by atoms with Gasteiger partial charge in [-0.2, -0.15) is 5.26 Å². The number of rotatable bonds is 0. The summed E-state index contributed by atoms with van der Waals surface area (Å²) in [5.74, 6) is 0. The minimum Gasteiger partial charge on any atom is -0.396 e. The Labute approximate surface area is 83.3 Å². The Bertz CT molecular complexity index is 507. The molecule has 2 aromatic rings. The van der Waals surface area contributed by atoms with E-state index in [0.717, 1.165) is 15.4 Å². The average Bonchev–Trinajstić information content (AvgIpc) is 2.45. The Hall–Kier alpha value is -1.47.